The van der Waals surface area contributed by atoms with E-state index in [1.807, 2.05) is 26.0 Å². The molecule has 0 spiro atoms. The Bertz CT molecular complexity index is 2920. The highest BCUT2D eigenvalue weighted by molar-refractivity contribution is 14.4. The Kier molecular flexibility index (Phi) is 121. The number of hydrogen-bond donors (Lipinski definition) is 0. The third-order valence-corrected chi connectivity index (χ3v) is 98.9. The van der Waals surface area contributed by atoms with Crippen LogP contribution in [-0.2, 0) is 76.8 Å². The molecule has 1 saturated heterocycles. The van der Waals surface area contributed by atoms with Crippen LogP contribution >= 0.6 is 327 Å². The molecule has 2 aliphatic heterocycles. The van der Waals surface area contributed by atoms with Gasteiger partial charge >= 0.3 is 71.2 Å². The van der Waals surface area contributed by atoms with Gasteiger partial charge < -0.3 is 57.6 Å². The van der Waals surface area contributed by atoms with E-state index in [1.165, 1.54) is 22.0 Å². The van der Waals surface area contributed by atoms with Crippen molar-refractivity contribution in [1.82, 2.24) is 9.80 Å². The number of halogens is 15. The molecule has 54 heteroatoms. The molecule has 2 aliphatic rings. The molecule has 20 nitrogen and oxygen atoms in total. The van der Waals surface area contributed by atoms with Crippen LogP contribution in [0.15, 0.2) is 72.8 Å². The van der Waals surface area contributed by atoms with Crippen LogP contribution in [0.5, 0.6) is 0 Å². The standard InChI is InChI=1S/C18H28I2O3Si4.C9H27IO3Si4.C8H13NO2.C8H11NO2.C7H21I3O3Si4.C6H18I2O2Si3.C3H9I7O3Si4.18CH4/c1-24(2,19)21-26(5,6)23-27(22-25(3,4)20,17-13-9-7-10-14-17)18-15-11-8-12-16-18;1-14(2,3)11-16(7,8)13-17(9,10)12-15(4,5)6;2*1-2-3-6-9-7(10)4-5-8(9)11;1-14(2,8)11-16(5,6)13-17(7,10)12-15(3,4)9;1-11(2,7)9-13(5,6)10-12(3,4)8;1-14(2,12-16(5,6)7)11-15(3,4)13-17(8,9)10;;;;;;;;;;;;;;;;;;/h7-16H,1-6H3;1-9H3;2-6H2,1H3;4-5H,2-3,6H2,1H3;1-7H3;1-6H3;1-3H3;18*1H4. The van der Waals surface area contributed by atoms with E-state index < -0.39 is 123 Å². The Labute approximate surface area is 1030 Å². The molecule has 1 fully saturated rings. The Morgan fingerprint density at radius 2 is 0.466 bits per heavy atom. The lowest BCUT2D eigenvalue weighted by molar-refractivity contribution is -0.139. The van der Waals surface area contributed by atoms with E-state index >= 15 is 0 Å². The lowest BCUT2D eigenvalue weighted by Gasteiger charge is -2.42. The topological polar surface area (TPSA) is 204 Å². The lowest BCUT2D eigenvalue weighted by atomic mass is 10.3. The van der Waals surface area contributed by atoms with E-state index in [0.717, 1.165) is 36.1 Å². The Balaban J connectivity index is -0.0000000565. The average molecular weight is 3880 g/mol. The molecule has 2 heterocycles. The number of carbonyl (C=O) groups is 4. The monoisotopic (exact) mass is 3880 g/mol. The van der Waals surface area contributed by atoms with Gasteiger partial charge in [0.25, 0.3) is 11.8 Å². The van der Waals surface area contributed by atoms with Crippen LogP contribution < -0.4 is 10.4 Å². The Hall–Kier alpha value is 11.0. The van der Waals surface area contributed by atoms with Crippen LogP contribution in [-0.4, -0.2) is 169 Å². The number of nitrogens with zero attached hydrogens (tertiary/aromatic N) is 2. The molecular formula is C77H199I15N2O18Si19. The van der Waals surface area contributed by atoms with Gasteiger partial charge in [0.15, 0.2) is 16.6 Å². The number of unbranched alkanes of at least 4 members (excludes halogenated alkanes) is 2. The van der Waals surface area contributed by atoms with Crippen LogP contribution in [0, 0.1) is 0 Å². The van der Waals surface area contributed by atoms with Crippen molar-refractivity contribution in [3.63, 3.8) is 0 Å². The molecule has 806 valence electrons. The van der Waals surface area contributed by atoms with Crippen molar-refractivity contribution in [3.05, 3.63) is 72.8 Å². The Morgan fingerprint density at radius 1 is 0.252 bits per heavy atom. The summed E-state index contributed by atoms with van der Waals surface area (Å²) in [6, 6.07) is 14.7. The molecule has 4 rings (SSSR count). The van der Waals surface area contributed by atoms with Crippen molar-refractivity contribution in [3.8, 4) is 0 Å². The van der Waals surface area contributed by atoms with Gasteiger partial charge in [-0.25, -0.2) is 0 Å². The van der Waals surface area contributed by atoms with Gasteiger partial charge in [0.05, 0.1) is 0 Å². The number of likely N-dealkylation sites (tertiary alicyclic amines) is 1. The van der Waals surface area contributed by atoms with Crippen molar-refractivity contribution in [1.29, 1.82) is 0 Å². The maximum atomic E-state index is 11.0. The summed E-state index contributed by atoms with van der Waals surface area (Å²) in [4.78, 5) is 46.5. The number of imide groups is 2. The van der Waals surface area contributed by atoms with Gasteiger partial charge in [0.2, 0.25) is 46.7 Å². The highest BCUT2D eigenvalue weighted by atomic mass is 127. The first-order valence-electron chi connectivity index (χ1n) is 36.2. The number of hydrogen-bond acceptors (Lipinski definition) is 18. The van der Waals surface area contributed by atoms with Gasteiger partial charge in [0.1, 0.15) is 0 Å². The summed E-state index contributed by atoms with van der Waals surface area (Å²) in [7, 11) is -16.5. The second kappa shape index (κ2) is 82.5. The van der Waals surface area contributed by atoms with Crippen LogP contribution in [0.4, 0.5) is 0 Å². The number of carbonyl (C=O) groups excluding carboxylic acids is 4. The first-order valence-corrected chi connectivity index (χ1v) is 134. The third-order valence-electron chi connectivity index (χ3n) is 12.0. The zero-order chi connectivity index (χ0) is 90.2. The zero-order valence-corrected chi connectivity index (χ0v) is 123. The Morgan fingerprint density at radius 3 is 0.702 bits per heavy atom. The predicted octanol–water partition coefficient (Wildman–Crippen LogP) is 38.0. The van der Waals surface area contributed by atoms with Crippen LogP contribution in [0.1, 0.15) is 186 Å². The fraction of sp³-hybridized carbons (Fsp3) is 0.766. The maximum absolute atomic E-state index is 11.0. The van der Waals surface area contributed by atoms with E-state index in [2.05, 4.69) is 578 Å². The predicted molar refractivity (Wildman–Crippen MR) is 772 cm³/mol. The number of rotatable bonds is 36. The minimum atomic E-state index is -2.91. The quantitative estimate of drug-likeness (QED) is 0.0269. The van der Waals surface area contributed by atoms with Crippen molar-refractivity contribution in [2.24, 2.45) is 0 Å². The summed E-state index contributed by atoms with van der Waals surface area (Å²) in [5, 5.41) is 2.29. The molecule has 2 aromatic rings. The second-order valence-electron chi connectivity index (χ2n) is 32.9. The summed E-state index contributed by atoms with van der Waals surface area (Å²) in [5.41, 5.74) is 0. The van der Waals surface area contributed by atoms with E-state index in [9.17, 15) is 19.2 Å². The van der Waals surface area contributed by atoms with E-state index in [-0.39, 0.29) is 157 Å². The molecule has 0 bridgehead atoms. The molecule has 4 amide bonds. The van der Waals surface area contributed by atoms with Crippen LogP contribution in [0.2, 0.25) is 203 Å². The van der Waals surface area contributed by atoms with E-state index in [0.29, 0.717) is 25.9 Å². The molecule has 0 aliphatic carbocycles. The molecule has 2 aromatic carbocycles. The molecule has 3 atom stereocenters. The molecular weight excluding hydrogens is 3680 g/mol. The highest BCUT2D eigenvalue weighted by Gasteiger charge is 2.53. The van der Waals surface area contributed by atoms with Crippen molar-refractivity contribution in [2.75, 3.05) is 13.1 Å². The molecule has 0 radical (unpaired) electrons. The largest absolute Gasteiger partial charge is 0.437 e. The number of benzene rings is 2. The zero-order valence-electron chi connectivity index (χ0n) is 72.0. The SMILES string of the molecule is C.C.C.C.C.C.C.C.C.C.C.C.C.C.C.C.C.C.CCCCN1C(=O)C=CC1=O.CCCCN1C(=O)CCC1=O.C[Si](C)(C)O[Si](C)(C)O[Si](C)(I)O[Si](C)(C)C.C[Si](C)(I)O[Si](C)(C)O[Si](C)(C)I.C[Si](C)(I)O[Si](C)(C)O[Si](C)(I)O[Si](C)(C)I.C[Si](C)(I)O[Si](C)(C)O[Si](O[Si](C)(C)I)(c1ccccc1)c1ccccc1.C[Si](C)(O[Si](I)(I)I)O[Si](C)(I)O[Si](I)(I)I. The average Bonchev–Trinajstić information content (AvgIpc) is 1.60. The maximum Gasteiger partial charge on any atom is 0.388 e. The van der Waals surface area contributed by atoms with Crippen molar-refractivity contribution >= 4 is 484 Å². The first-order chi connectivity index (χ1) is 49.6. The van der Waals surface area contributed by atoms with E-state index in [4.69, 9.17) is 57.6 Å². The highest BCUT2D eigenvalue weighted by Crippen LogP contribution is 2.41. The molecule has 0 N–H and O–H groups in total. The molecule has 3 unspecified atom stereocenters. The van der Waals surface area contributed by atoms with E-state index in [1.54, 1.807) is 0 Å². The molecule has 0 aromatic heterocycles. The van der Waals surface area contributed by atoms with Gasteiger partial charge in [0, 0.05) is 38.1 Å². The minimum Gasteiger partial charge on any atom is -0.437 e. The fourth-order valence-corrected chi connectivity index (χ4v) is 166. The van der Waals surface area contributed by atoms with Crippen LogP contribution in [0.3, 0.4) is 0 Å². The van der Waals surface area contributed by atoms with Crippen LogP contribution in [0.25, 0.3) is 0 Å². The normalized spacial score (nSPS) is 14.2. The van der Waals surface area contributed by atoms with Gasteiger partial charge in [-0.15, -0.1) is 0 Å². The lowest BCUT2D eigenvalue weighted by Crippen LogP contribution is -2.70. The fourth-order valence-electron chi connectivity index (χ4n) is 10.6. The summed E-state index contributed by atoms with van der Waals surface area (Å²) in [6.07, 6.45) is 7.31. The van der Waals surface area contributed by atoms with Gasteiger partial charge in [-0.3, -0.25) is 29.0 Å². The minimum absolute atomic E-state index is 0. The summed E-state index contributed by atoms with van der Waals surface area (Å²) in [6.45, 7) is 72.5. The summed E-state index contributed by atoms with van der Waals surface area (Å²) in [5.74, 6) is -10.1. The molecule has 131 heavy (non-hydrogen) atoms. The van der Waals surface area contributed by atoms with Gasteiger partial charge in [-0.05, 0) is 226 Å². The summed E-state index contributed by atoms with van der Waals surface area (Å²) < 4.78 is 85.2. The summed E-state index contributed by atoms with van der Waals surface area (Å²) >= 11 is 36.2. The first kappa shape index (κ1) is 193. The molecule has 0 saturated carbocycles. The second-order valence-corrected chi connectivity index (χ2v) is 221. The van der Waals surface area contributed by atoms with Crippen molar-refractivity contribution in [2.45, 2.75) is 389 Å². The number of amides is 4. The smallest absolute Gasteiger partial charge is 0.388 e. The van der Waals surface area contributed by atoms with Crippen molar-refractivity contribution < 1.29 is 76.8 Å². The third kappa shape index (κ3) is 110. The van der Waals surface area contributed by atoms with Gasteiger partial charge in [-0.1, -0.05) is 548 Å². The van der Waals surface area contributed by atoms with Gasteiger partial charge in [-0.2, -0.15) is 0 Å².